The second-order valence-electron chi connectivity index (χ2n) is 5.93. The van der Waals surface area contributed by atoms with Crippen LogP contribution in [0, 0.1) is 6.92 Å². The third-order valence-electron chi connectivity index (χ3n) is 4.02. The van der Waals surface area contributed by atoms with E-state index in [1.807, 2.05) is 67.6 Å². The molecule has 0 unspecified atom stereocenters. The number of hydrogen-bond donors (Lipinski definition) is 0. The summed E-state index contributed by atoms with van der Waals surface area (Å²) in [6.45, 7) is 1.91. The Morgan fingerprint density at radius 1 is 1.04 bits per heavy atom. The quantitative estimate of drug-likeness (QED) is 0.459. The van der Waals surface area contributed by atoms with Crippen molar-refractivity contribution in [3.8, 4) is 22.8 Å². The van der Waals surface area contributed by atoms with Crippen molar-refractivity contribution in [2.75, 3.05) is 7.11 Å². The van der Waals surface area contributed by atoms with Gasteiger partial charge in [0.2, 0.25) is 0 Å². The molecule has 0 N–H and O–H groups in total. The fourth-order valence-electron chi connectivity index (χ4n) is 2.72. The normalized spacial score (nSPS) is 10.9. The largest absolute Gasteiger partial charge is 0.497 e. The van der Waals surface area contributed by atoms with Crippen molar-refractivity contribution in [2.45, 2.75) is 17.8 Å². The maximum atomic E-state index is 5.31. The molecule has 6 nitrogen and oxygen atoms in total. The molecule has 2 aromatic carbocycles. The van der Waals surface area contributed by atoms with E-state index in [2.05, 4.69) is 19.9 Å². The monoisotopic (exact) mass is 378 g/mol. The fourth-order valence-corrected chi connectivity index (χ4v) is 3.55. The minimum absolute atomic E-state index is 0.633. The summed E-state index contributed by atoms with van der Waals surface area (Å²) in [6, 6.07) is 19.8. The average molecular weight is 378 g/mol. The van der Waals surface area contributed by atoms with Gasteiger partial charge in [0.05, 0.1) is 18.6 Å². The molecule has 4 rings (SSSR count). The first-order valence-corrected chi connectivity index (χ1v) is 9.43. The van der Waals surface area contributed by atoms with E-state index in [4.69, 9.17) is 9.26 Å². The van der Waals surface area contributed by atoms with Crippen molar-refractivity contribution in [1.82, 2.24) is 19.9 Å². The highest BCUT2D eigenvalue weighted by Crippen LogP contribution is 2.30. The van der Waals surface area contributed by atoms with Crippen LogP contribution in [0.5, 0.6) is 5.75 Å². The molecule has 0 radical (unpaired) electrons. The first kappa shape index (κ1) is 17.4. The number of nitrogens with zero attached hydrogens (tertiary/aromatic N) is 4. The third kappa shape index (κ3) is 3.73. The number of ether oxygens (including phenoxy) is 1. The number of aryl methyl sites for hydroxylation is 1. The molecule has 0 saturated carbocycles. The van der Waals surface area contributed by atoms with Gasteiger partial charge < -0.3 is 9.26 Å². The van der Waals surface area contributed by atoms with Crippen molar-refractivity contribution < 1.29 is 9.26 Å². The number of methoxy groups -OCH3 is 1. The molecule has 7 heteroatoms. The lowest BCUT2D eigenvalue weighted by Crippen LogP contribution is -1.99. The van der Waals surface area contributed by atoms with Crippen molar-refractivity contribution in [3.63, 3.8) is 0 Å². The van der Waals surface area contributed by atoms with Crippen LogP contribution in [0.1, 0.15) is 11.5 Å². The molecule has 0 aliphatic heterocycles. The zero-order valence-corrected chi connectivity index (χ0v) is 15.8. The zero-order chi connectivity index (χ0) is 18.6. The molecule has 2 heterocycles. The summed E-state index contributed by atoms with van der Waals surface area (Å²) in [5, 5.41) is 13.6. The number of hydrogen-bond acceptors (Lipinski definition) is 6. The van der Waals surface area contributed by atoms with E-state index in [9.17, 15) is 0 Å². The van der Waals surface area contributed by atoms with Crippen LogP contribution in [-0.4, -0.2) is 27.0 Å². The second kappa shape index (κ2) is 7.67. The van der Waals surface area contributed by atoms with E-state index in [-0.39, 0.29) is 0 Å². The minimum atomic E-state index is 0.633. The van der Waals surface area contributed by atoms with Gasteiger partial charge >= 0.3 is 0 Å². The number of aromatic nitrogens is 4. The first-order valence-electron chi connectivity index (χ1n) is 8.45. The van der Waals surface area contributed by atoms with Crippen molar-refractivity contribution in [3.05, 3.63) is 72.1 Å². The van der Waals surface area contributed by atoms with Gasteiger partial charge in [0.15, 0.2) is 11.0 Å². The van der Waals surface area contributed by atoms with Crippen LogP contribution >= 0.6 is 11.8 Å². The van der Waals surface area contributed by atoms with Crippen LogP contribution in [0.4, 0.5) is 0 Å². The molecule has 4 aromatic rings. The molecule has 0 aliphatic carbocycles. The standard InChI is InChI=1S/C20H18N4O2S/c1-14-12-18(26-23-14)13-27-20-22-21-19(15-8-10-17(25-2)11-9-15)24(20)16-6-4-3-5-7-16/h3-12H,13H2,1-2H3. The van der Waals surface area contributed by atoms with Crippen LogP contribution in [-0.2, 0) is 5.75 Å². The molecule has 27 heavy (non-hydrogen) atoms. The lowest BCUT2D eigenvalue weighted by atomic mass is 10.2. The number of thioether (sulfide) groups is 1. The molecule has 2 aromatic heterocycles. The summed E-state index contributed by atoms with van der Waals surface area (Å²) in [7, 11) is 1.65. The SMILES string of the molecule is COc1ccc(-c2nnc(SCc3cc(C)no3)n2-c2ccccc2)cc1. The molecule has 0 spiro atoms. The highest BCUT2D eigenvalue weighted by molar-refractivity contribution is 7.98. The lowest BCUT2D eigenvalue weighted by molar-refractivity contribution is 0.391. The topological polar surface area (TPSA) is 66.0 Å². The summed E-state index contributed by atoms with van der Waals surface area (Å²) < 4.78 is 12.6. The van der Waals surface area contributed by atoms with Gasteiger partial charge in [-0.1, -0.05) is 35.1 Å². The molecule has 0 bridgehead atoms. The summed E-state index contributed by atoms with van der Waals surface area (Å²) >= 11 is 1.56. The minimum Gasteiger partial charge on any atom is -0.497 e. The Balaban J connectivity index is 1.71. The predicted molar refractivity (Wildman–Crippen MR) is 104 cm³/mol. The molecule has 0 atom stereocenters. The maximum Gasteiger partial charge on any atom is 0.196 e. The number of rotatable bonds is 6. The third-order valence-corrected chi connectivity index (χ3v) is 4.97. The van der Waals surface area contributed by atoms with Crippen LogP contribution < -0.4 is 4.74 Å². The van der Waals surface area contributed by atoms with Gasteiger partial charge in [0, 0.05) is 17.3 Å². The lowest BCUT2D eigenvalue weighted by Gasteiger charge is -2.10. The van der Waals surface area contributed by atoms with Crippen LogP contribution in [0.25, 0.3) is 17.1 Å². The summed E-state index contributed by atoms with van der Waals surface area (Å²) in [4.78, 5) is 0. The fraction of sp³-hybridized carbons (Fsp3) is 0.150. The average Bonchev–Trinajstić information content (AvgIpc) is 3.33. The number of benzene rings is 2. The molecular weight excluding hydrogens is 360 g/mol. The Morgan fingerprint density at radius 2 is 1.81 bits per heavy atom. The van der Waals surface area contributed by atoms with Crippen LogP contribution in [0.3, 0.4) is 0 Å². The van der Waals surface area contributed by atoms with Gasteiger partial charge in [-0.05, 0) is 43.3 Å². The predicted octanol–water partition coefficient (Wildman–Crippen LogP) is 4.53. The number of para-hydroxylation sites is 1. The Labute approximate surface area is 161 Å². The van der Waals surface area contributed by atoms with E-state index >= 15 is 0 Å². The van der Waals surface area contributed by atoms with Gasteiger partial charge in [0.1, 0.15) is 11.5 Å². The Hall–Kier alpha value is -3.06. The summed E-state index contributed by atoms with van der Waals surface area (Å²) in [5.74, 6) is 3.03. The smallest absolute Gasteiger partial charge is 0.196 e. The summed E-state index contributed by atoms with van der Waals surface area (Å²) in [6.07, 6.45) is 0. The Morgan fingerprint density at radius 3 is 2.48 bits per heavy atom. The highest BCUT2D eigenvalue weighted by Gasteiger charge is 2.17. The van der Waals surface area contributed by atoms with Gasteiger partial charge in [0.25, 0.3) is 0 Å². The molecule has 0 saturated heterocycles. The highest BCUT2D eigenvalue weighted by atomic mass is 32.2. The van der Waals surface area contributed by atoms with Crippen molar-refractivity contribution in [1.29, 1.82) is 0 Å². The van der Waals surface area contributed by atoms with Crippen molar-refractivity contribution >= 4 is 11.8 Å². The molecule has 0 fully saturated rings. The van der Waals surface area contributed by atoms with E-state index in [1.165, 1.54) is 0 Å². The first-order chi connectivity index (χ1) is 13.2. The van der Waals surface area contributed by atoms with Gasteiger partial charge in [-0.25, -0.2) is 0 Å². The van der Waals surface area contributed by atoms with Crippen LogP contribution in [0.2, 0.25) is 0 Å². The van der Waals surface area contributed by atoms with Crippen LogP contribution in [0.15, 0.2) is 70.3 Å². The Bertz CT molecular complexity index is 1030. The van der Waals surface area contributed by atoms with Gasteiger partial charge in [-0.15, -0.1) is 10.2 Å². The maximum absolute atomic E-state index is 5.31. The van der Waals surface area contributed by atoms with E-state index in [0.29, 0.717) is 5.75 Å². The molecule has 0 aliphatic rings. The second-order valence-corrected chi connectivity index (χ2v) is 6.87. The molecular formula is C20H18N4O2S. The van der Waals surface area contributed by atoms with Gasteiger partial charge in [-0.3, -0.25) is 4.57 Å². The molecule has 0 amide bonds. The van der Waals surface area contributed by atoms with E-state index in [1.54, 1.807) is 18.9 Å². The van der Waals surface area contributed by atoms with Gasteiger partial charge in [-0.2, -0.15) is 0 Å². The Kier molecular flexibility index (Phi) is 4.93. The van der Waals surface area contributed by atoms with E-state index < -0.39 is 0 Å². The molecule has 136 valence electrons. The summed E-state index contributed by atoms with van der Waals surface area (Å²) in [5.41, 5.74) is 2.84. The van der Waals surface area contributed by atoms with Crippen molar-refractivity contribution in [2.24, 2.45) is 0 Å². The zero-order valence-electron chi connectivity index (χ0n) is 15.0. The van der Waals surface area contributed by atoms with E-state index in [0.717, 1.165) is 39.4 Å².